The van der Waals surface area contributed by atoms with Crippen LogP contribution in [0.25, 0.3) is 0 Å². The zero-order chi connectivity index (χ0) is 19.6. The van der Waals surface area contributed by atoms with Crippen LogP contribution < -0.4 is 11.1 Å². The van der Waals surface area contributed by atoms with Gasteiger partial charge < -0.3 is 26.4 Å². The van der Waals surface area contributed by atoms with Crippen molar-refractivity contribution in [3.63, 3.8) is 0 Å². The zero-order valence-electron chi connectivity index (χ0n) is 14.0. The summed E-state index contributed by atoms with van der Waals surface area (Å²) in [7, 11) is 0. The van der Waals surface area contributed by atoms with E-state index in [0.29, 0.717) is 17.1 Å². The van der Waals surface area contributed by atoms with E-state index in [9.17, 15) is 15.3 Å². The Kier molecular flexibility index (Phi) is 6.08. The van der Waals surface area contributed by atoms with Gasteiger partial charge in [-0.25, -0.2) is 0 Å². The molecule has 144 valence electrons. The molecular weight excluding hydrogens is 395 g/mol. The highest BCUT2D eigenvalue weighted by Gasteiger charge is 2.41. The van der Waals surface area contributed by atoms with Gasteiger partial charge in [-0.15, -0.1) is 10.2 Å². The smallest absolute Gasteiger partial charge is 0.223 e. The van der Waals surface area contributed by atoms with Crippen LogP contribution in [0.1, 0.15) is 6.42 Å². The standard InChI is InChI=1S/C16H18Cl2N6O3/c17-8-3-1-2-4-9(8)23-24-11-14(18)21-16(19)22-15(11)20-10-5-7(6-25)12(26)13(10)27/h1-4,7,10,12-13,25-27H,5-6H2,(H3,19,20,21,22)/b24-23+/t7-,10-,12-,13+/m0/s1. The first kappa shape index (κ1) is 19.7. The van der Waals surface area contributed by atoms with E-state index in [0.717, 1.165) is 0 Å². The van der Waals surface area contributed by atoms with E-state index in [2.05, 4.69) is 25.5 Å². The molecule has 9 nitrogen and oxygen atoms in total. The number of azo groups is 1. The lowest BCUT2D eigenvalue weighted by Gasteiger charge is -2.19. The Labute approximate surface area is 164 Å². The second kappa shape index (κ2) is 8.32. The van der Waals surface area contributed by atoms with Crippen molar-refractivity contribution in [1.82, 2.24) is 9.97 Å². The van der Waals surface area contributed by atoms with E-state index in [1.54, 1.807) is 24.3 Å². The van der Waals surface area contributed by atoms with Crippen molar-refractivity contribution in [2.24, 2.45) is 16.1 Å². The minimum Gasteiger partial charge on any atom is -0.396 e. The summed E-state index contributed by atoms with van der Waals surface area (Å²) in [4.78, 5) is 7.93. The second-order valence-corrected chi connectivity index (χ2v) is 6.90. The number of anilines is 2. The molecule has 4 atom stereocenters. The number of benzene rings is 1. The molecule has 1 aromatic carbocycles. The molecule has 1 aliphatic rings. The third kappa shape index (κ3) is 4.28. The molecule has 1 heterocycles. The molecule has 0 spiro atoms. The second-order valence-electron chi connectivity index (χ2n) is 6.13. The van der Waals surface area contributed by atoms with Crippen LogP contribution in [-0.2, 0) is 0 Å². The van der Waals surface area contributed by atoms with Gasteiger partial charge in [0, 0.05) is 12.5 Å². The first-order valence-corrected chi connectivity index (χ1v) is 8.89. The molecule has 0 bridgehead atoms. The molecular formula is C16H18Cl2N6O3. The maximum absolute atomic E-state index is 10.2. The van der Waals surface area contributed by atoms with Crippen molar-refractivity contribution in [1.29, 1.82) is 0 Å². The lowest BCUT2D eigenvalue weighted by atomic mass is 10.1. The molecule has 0 radical (unpaired) electrons. The molecule has 1 aromatic heterocycles. The van der Waals surface area contributed by atoms with Gasteiger partial charge in [-0.1, -0.05) is 35.3 Å². The van der Waals surface area contributed by atoms with Gasteiger partial charge in [0.15, 0.2) is 16.7 Å². The Balaban J connectivity index is 1.91. The fourth-order valence-electron chi connectivity index (χ4n) is 2.89. The van der Waals surface area contributed by atoms with Crippen molar-refractivity contribution >= 4 is 46.3 Å². The topological polar surface area (TPSA) is 149 Å². The highest BCUT2D eigenvalue weighted by molar-refractivity contribution is 6.33. The summed E-state index contributed by atoms with van der Waals surface area (Å²) in [5, 5.41) is 40.9. The van der Waals surface area contributed by atoms with Crippen molar-refractivity contribution in [3.05, 3.63) is 34.4 Å². The molecule has 1 saturated carbocycles. The number of nitrogen functional groups attached to an aromatic ring is 1. The highest BCUT2D eigenvalue weighted by Crippen LogP contribution is 2.36. The monoisotopic (exact) mass is 412 g/mol. The van der Waals surface area contributed by atoms with E-state index in [1.807, 2.05) is 0 Å². The summed E-state index contributed by atoms with van der Waals surface area (Å²) in [5.41, 5.74) is 6.19. The van der Waals surface area contributed by atoms with Crippen LogP contribution in [0.5, 0.6) is 0 Å². The number of aliphatic hydroxyl groups excluding tert-OH is 3. The molecule has 3 rings (SSSR count). The number of halogens is 2. The third-order valence-corrected chi connectivity index (χ3v) is 4.91. The number of hydrogen-bond acceptors (Lipinski definition) is 9. The Bertz CT molecular complexity index is 853. The quantitative estimate of drug-likeness (QED) is 0.373. The minimum absolute atomic E-state index is 0.0347. The van der Waals surface area contributed by atoms with Gasteiger partial charge in [-0.2, -0.15) is 9.97 Å². The van der Waals surface area contributed by atoms with Crippen molar-refractivity contribution in [2.45, 2.75) is 24.7 Å². The number of aromatic nitrogens is 2. The molecule has 0 unspecified atom stereocenters. The number of nitrogens with two attached hydrogens (primary N) is 1. The third-order valence-electron chi connectivity index (χ3n) is 4.33. The summed E-state index contributed by atoms with van der Waals surface area (Å²) >= 11 is 12.2. The van der Waals surface area contributed by atoms with Gasteiger partial charge >= 0.3 is 0 Å². The molecule has 27 heavy (non-hydrogen) atoms. The molecule has 6 N–H and O–H groups in total. The average Bonchev–Trinajstić information content (AvgIpc) is 2.90. The number of nitrogens with one attached hydrogen (secondary N) is 1. The van der Waals surface area contributed by atoms with Crippen LogP contribution in [0.15, 0.2) is 34.5 Å². The summed E-state index contributed by atoms with van der Waals surface area (Å²) in [6, 6.07) is 6.27. The van der Waals surface area contributed by atoms with E-state index >= 15 is 0 Å². The maximum Gasteiger partial charge on any atom is 0.223 e. The van der Waals surface area contributed by atoms with E-state index in [-0.39, 0.29) is 29.2 Å². The van der Waals surface area contributed by atoms with Gasteiger partial charge in [0.1, 0.15) is 11.8 Å². The van der Waals surface area contributed by atoms with Crippen LogP contribution in [0.3, 0.4) is 0 Å². The van der Waals surface area contributed by atoms with Crippen molar-refractivity contribution < 1.29 is 15.3 Å². The van der Waals surface area contributed by atoms with Crippen molar-refractivity contribution in [3.8, 4) is 0 Å². The van der Waals surface area contributed by atoms with Gasteiger partial charge in [-0.3, -0.25) is 0 Å². The van der Waals surface area contributed by atoms with E-state index in [4.69, 9.17) is 28.9 Å². The fraction of sp³-hybridized carbons (Fsp3) is 0.375. The molecule has 0 amide bonds. The van der Waals surface area contributed by atoms with Crippen LogP contribution in [0.2, 0.25) is 10.2 Å². The normalized spacial score (nSPS) is 25.2. The van der Waals surface area contributed by atoms with Crippen LogP contribution in [-0.4, -0.2) is 50.1 Å². The Morgan fingerprint density at radius 1 is 1.15 bits per heavy atom. The summed E-state index contributed by atoms with van der Waals surface area (Å²) in [5.74, 6) is -0.399. The number of nitrogens with zero attached hydrogens (tertiary/aromatic N) is 4. The minimum atomic E-state index is -1.11. The summed E-state index contributed by atoms with van der Waals surface area (Å²) in [6.07, 6.45) is -1.85. The van der Waals surface area contributed by atoms with Crippen LogP contribution >= 0.6 is 23.2 Å². The molecule has 2 aromatic rings. The summed E-state index contributed by atoms with van der Waals surface area (Å²) in [6.45, 7) is -0.248. The lowest BCUT2D eigenvalue weighted by molar-refractivity contribution is 0.00446. The van der Waals surface area contributed by atoms with Gasteiger partial charge in [0.2, 0.25) is 5.95 Å². The van der Waals surface area contributed by atoms with E-state index in [1.165, 1.54) is 0 Å². The molecule has 0 aliphatic heterocycles. The average molecular weight is 413 g/mol. The van der Waals surface area contributed by atoms with Gasteiger partial charge in [0.25, 0.3) is 0 Å². The summed E-state index contributed by atoms with van der Waals surface area (Å²) < 4.78 is 0. The zero-order valence-corrected chi connectivity index (χ0v) is 15.5. The van der Waals surface area contributed by atoms with Crippen LogP contribution in [0.4, 0.5) is 23.1 Å². The van der Waals surface area contributed by atoms with Gasteiger partial charge in [0.05, 0.1) is 17.2 Å². The largest absolute Gasteiger partial charge is 0.396 e. The van der Waals surface area contributed by atoms with Crippen molar-refractivity contribution in [2.75, 3.05) is 17.7 Å². The van der Waals surface area contributed by atoms with Gasteiger partial charge in [-0.05, 0) is 18.6 Å². The Morgan fingerprint density at radius 2 is 1.89 bits per heavy atom. The maximum atomic E-state index is 10.2. The first-order chi connectivity index (χ1) is 12.9. The molecule has 0 saturated heterocycles. The SMILES string of the molecule is Nc1nc(Cl)c(/N=N/c2ccccc2Cl)c(N[C@H]2C[C@@H](CO)[C@H](O)[C@@H]2O)n1. The fourth-order valence-corrected chi connectivity index (χ4v) is 3.28. The predicted octanol–water partition coefficient (Wildman–Crippen LogP) is 2.30. The molecule has 1 fully saturated rings. The Morgan fingerprint density at radius 3 is 2.56 bits per heavy atom. The van der Waals surface area contributed by atoms with Crippen LogP contribution in [0, 0.1) is 5.92 Å². The lowest BCUT2D eigenvalue weighted by Crippen LogP contribution is -2.35. The van der Waals surface area contributed by atoms with E-state index < -0.39 is 24.2 Å². The predicted molar refractivity (Wildman–Crippen MR) is 102 cm³/mol. The number of aliphatic hydroxyl groups is 3. The number of hydrogen-bond donors (Lipinski definition) is 5. The molecule has 1 aliphatic carbocycles. The highest BCUT2D eigenvalue weighted by atomic mass is 35.5. The Hall–Kier alpha value is -2.04. The molecule has 11 heteroatoms. The number of rotatable bonds is 5. The first-order valence-electron chi connectivity index (χ1n) is 8.13.